The Labute approximate surface area is 121 Å². The van der Waals surface area contributed by atoms with Crippen LogP contribution in [0.5, 0.6) is 0 Å². The van der Waals surface area contributed by atoms with E-state index in [1.807, 2.05) is 0 Å². The third-order valence-corrected chi connectivity index (χ3v) is 2.71. The summed E-state index contributed by atoms with van der Waals surface area (Å²) < 4.78 is 10.4. The SMILES string of the molecule is CC(C)OC(=O)c1cccc(-c2ccc(C(=O)Cl)o2)c1. The van der Waals surface area contributed by atoms with Crippen molar-refractivity contribution < 1.29 is 18.7 Å². The highest BCUT2D eigenvalue weighted by Crippen LogP contribution is 2.24. The molecule has 0 radical (unpaired) electrons. The van der Waals surface area contributed by atoms with Gasteiger partial charge in [0.05, 0.1) is 11.7 Å². The van der Waals surface area contributed by atoms with Gasteiger partial charge in [0.15, 0.2) is 5.76 Å². The van der Waals surface area contributed by atoms with Gasteiger partial charge in [0, 0.05) is 5.56 Å². The Morgan fingerprint density at radius 1 is 1.20 bits per heavy atom. The van der Waals surface area contributed by atoms with Gasteiger partial charge in [-0.1, -0.05) is 12.1 Å². The molecule has 0 aliphatic heterocycles. The van der Waals surface area contributed by atoms with Crippen molar-refractivity contribution in [2.24, 2.45) is 0 Å². The van der Waals surface area contributed by atoms with Crippen molar-refractivity contribution in [3.8, 4) is 11.3 Å². The molecule has 5 heteroatoms. The van der Waals surface area contributed by atoms with Gasteiger partial charge < -0.3 is 9.15 Å². The Morgan fingerprint density at radius 3 is 2.55 bits per heavy atom. The van der Waals surface area contributed by atoms with Crippen molar-refractivity contribution in [1.82, 2.24) is 0 Å². The second-order valence-corrected chi connectivity index (χ2v) is 4.82. The molecule has 0 atom stereocenters. The predicted molar refractivity (Wildman–Crippen MR) is 74.9 cm³/mol. The van der Waals surface area contributed by atoms with Gasteiger partial charge in [-0.15, -0.1) is 0 Å². The highest BCUT2D eigenvalue weighted by Gasteiger charge is 2.13. The fourth-order valence-corrected chi connectivity index (χ4v) is 1.78. The van der Waals surface area contributed by atoms with E-state index in [1.54, 1.807) is 44.2 Å². The van der Waals surface area contributed by atoms with Crippen molar-refractivity contribution >= 4 is 22.8 Å². The summed E-state index contributed by atoms with van der Waals surface area (Å²) in [5, 5.41) is -0.661. The van der Waals surface area contributed by atoms with Crippen LogP contribution in [0, 0.1) is 0 Å². The molecule has 0 aliphatic rings. The number of rotatable bonds is 4. The van der Waals surface area contributed by atoms with E-state index in [4.69, 9.17) is 20.8 Å². The van der Waals surface area contributed by atoms with E-state index in [2.05, 4.69) is 0 Å². The number of carbonyl (C=O) groups excluding carboxylic acids is 2. The van der Waals surface area contributed by atoms with E-state index in [0.29, 0.717) is 16.9 Å². The Hall–Kier alpha value is -2.07. The lowest BCUT2D eigenvalue weighted by Gasteiger charge is -2.08. The lowest BCUT2D eigenvalue weighted by molar-refractivity contribution is 0.0378. The summed E-state index contributed by atoms with van der Waals surface area (Å²) in [4.78, 5) is 22.8. The number of furan rings is 1. The van der Waals surface area contributed by atoms with Crippen LogP contribution >= 0.6 is 11.6 Å². The summed E-state index contributed by atoms with van der Waals surface area (Å²) in [6, 6.07) is 9.91. The molecule has 0 bridgehead atoms. The minimum atomic E-state index is -0.661. The summed E-state index contributed by atoms with van der Waals surface area (Å²) >= 11 is 5.34. The molecular weight excluding hydrogens is 280 g/mol. The van der Waals surface area contributed by atoms with Gasteiger partial charge in [0.1, 0.15) is 5.76 Å². The third-order valence-electron chi connectivity index (χ3n) is 2.53. The summed E-state index contributed by atoms with van der Waals surface area (Å²) in [7, 11) is 0. The van der Waals surface area contributed by atoms with Gasteiger partial charge in [-0.3, -0.25) is 4.79 Å². The number of halogens is 1. The molecule has 104 valence electrons. The van der Waals surface area contributed by atoms with Crippen molar-refractivity contribution in [2.45, 2.75) is 20.0 Å². The Kier molecular flexibility index (Phi) is 4.25. The highest BCUT2D eigenvalue weighted by atomic mass is 35.5. The normalized spacial score (nSPS) is 10.6. The van der Waals surface area contributed by atoms with Crippen LogP contribution in [-0.4, -0.2) is 17.3 Å². The van der Waals surface area contributed by atoms with Crippen molar-refractivity contribution in [1.29, 1.82) is 0 Å². The first kappa shape index (κ1) is 14.3. The Morgan fingerprint density at radius 2 is 1.95 bits per heavy atom. The monoisotopic (exact) mass is 292 g/mol. The van der Waals surface area contributed by atoms with Gasteiger partial charge >= 0.3 is 5.97 Å². The lowest BCUT2D eigenvalue weighted by Crippen LogP contribution is -2.11. The molecule has 0 fully saturated rings. The molecule has 0 aliphatic carbocycles. The maximum atomic E-state index is 11.8. The number of hydrogen-bond donors (Lipinski definition) is 0. The number of hydrogen-bond acceptors (Lipinski definition) is 4. The first-order chi connectivity index (χ1) is 9.47. The molecule has 1 heterocycles. The van der Waals surface area contributed by atoms with Gasteiger partial charge in [0.2, 0.25) is 0 Å². The van der Waals surface area contributed by atoms with Gasteiger partial charge in [-0.25, -0.2) is 4.79 Å². The van der Waals surface area contributed by atoms with E-state index in [1.165, 1.54) is 6.07 Å². The smallest absolute Gasteiger partial charge is 0.338 e. The molecule has 0 N–H and O–H groups in total. The molecule has 0 saturated heterocycles. The standard InChI is InChI=1S/C15H13ClO4/c1-9(2)19-15(18)11-5-3-4-10(8-11)12-6-7-13(20-12)14(16)17/h3-9H,1-2H3. The van der Waals surface area contributed by atoms with Gasteiger partial charge in [-0.2, -0.15) is 0 Å². The minimum Gasteiger partial charge on any atom is -0.459 e. The molecule has 4 nitrogen and oxygen atoms in total. The zero-order valence-corrected chi connectivity index (χ0v) is 11.8. The van der Waals surface area contributed by atoms with E-state index < -0.39 is 11.2 Å². The molecule has 1 aromatic heterocycles. The number of carbonyl (C=O) groups is 2. The zero-order valence-electron chi connectivity index (χ0n) is 11.1. The van der Waals surface area contributed by atoms with E-state index in [-0.39, 0.29) is 11.9 Å². The first-order valence-corrected chi connectivity index (χ1v) is 6.46. The maximum absolute atomic E-state index is 11.8. The van der Waals surface area contributed by atoms with E-state index in [9.17, 15) is 9.59 Å². The molecule has 0 spiro atoms. The minimum absolute atomic E-state index is 0.0665. The highest BCUT2D eigenvalue weighted by molar-refractivity contribution is 6.67. The van der Waals surface area contributed by atoms with Crippen LogP contribution < -0.4 is 0 Å². The van der Waals surface area contributed by atoms with Crippen molar-refractivity contribution in [3.05, 3.63) is 47.7 Å². The van der Waals surface area contributed by atoms with Crippen LogP contribution in [0.4, 0.5) is 0 Å². The quantitative estimate of drug-likeness (QED) is 0.633. The van der Waals surface area contributed by atoms with Crippen LogP contribution in [0.15, 0.2) is 40.8 Å². The summed E-state index contributed by atoms with van der Waals surface area (Å²) in [6.07, 6.45) is -0.185. The molecule has 0 unspecified atom stereocenters. The second kappa shape index (κ2) is 5.92. The van der Waals surface area contributed by atoms with Crippen molar-refractivity contribution in [3.63, 3.8) is 0 Å². The average Bonchev–Trinajstić information content (AvgIpc) is 2.88. The summed E-state index contributed by atoms with van der Waals surface area (Å²) in [5.41, 5.74) is 1.10. The van der Waals surface area contributed by atoms with Crippen LogP contribution in [0.25, 0.3) is 11.3 Å². The lowest BCUT2D eigenvalue weighted by atomic mass is 10.1. The summed E-state index contributed by atoms with van der Waals surface area (Å²) in [5.74, 6) is 0.132. The molecule has 0 amide bonds. The summed E-state index contributed by atoms with van der Waals surface area (Å²) in [6.45, 7) is 3.57. The van der Waals surface area contributed by atoms with Gasteiger partial charge in [0.25, 0.3) is 5.24 Å². The molecule has 2 aromatic rings. The molecular formula is C15H13ClO4. The largest absolute Gasteiger partial charge is 0.459 e. The third kappa shape index (κ3) is 3.27. The van der Waals surface area contributed by atoms with E-state index >= 15 is 0 Å². The second-order valence-electron chi connectivity index (χ2n) is 4.47. The van der Waals surface area contributed by atoms with Crippen molar-refractivity contribution in [2.75, 3.05) is 0 Å². The Balaban J connectivity index is 2.29. The number of benzene rings is 1. The van der Waals surface area contributed by atoms with E-state index in [0.717, 1.165) is 0 Å². The molecule has 1 aromatic carbocycles. The molecule has 20 heavy (non-hydrogen) atoms. The number of ether oxygens (including phenoxy) is 1. The topological polar surface area (TPSA) is 56.5 Å². The zero-order chi connectivity index (χ0) is 14.7. The first-order valence-electron chi connectivity index (χ1n) is 6.08. The van der Waals surface area contributed by atoms with Crippen LogP contribution in [0.2, 0.25) is 0 Å². The van der Waals surface area contributed by atoms with Crippen LogP contribution in [0.3, 0.4) is 0 Å². The Bertz CT molecular complexity index is 643. The number of esters is 1. The molecule has 2 rings (SSSR count). The van der Waals surface area contributed by atoms with Crippen LogP contribution in [0.1, 0.15) is 34.8 Å². The average molecular weight is 293 g/mol. The fourth-order valence-electron chi connectivity index (χ4n) is 1.68. The fraction of sp³-hybridized carbons (Fsp3) is 0.200. The maximum Gasteiger partial charge on any atom is 0.338 e. The predicted octanol–water partition coefficient (Wildman–Crippen LogP) is 3.89. The van der Waals surface area contributed by atoms with Crippen LogP contribution in [-0.2, 0) is 4.74 Å². The molecule has 0 saturated carbocycles. The van der Waals surface area contributed by atoms with Gasteiger partial charge in [-0.05, 0) is 49.7 Å².